The third-order valence-electron chi connectivity index (χ3n) is 3.57. The molecule has 3 aromatic heterocycles. The largest absolute Gasteiger partial charge is 0.474 e. The van der Waals surface area contributed by atoms with Crippen LogP contribution in [-0.4, -0.2) is 38.8 Å². The van der Waals surface area contributed by atoms with Crippen molar-refractivity contribution in [1.82, 2.24) is 19.7 Å². The molecule has 0 bridgehead atoms. The van der Waals surface area contributed by atoms with Gasteiger partial charge in [0.25, 0.3) is 5.91 Å². The minimum absolute atomic E-state index is 0.184. The van der Waals surface area contributed by atoms with Gasteiger partial charge in [-0.2, -0.15) is 5.10 Å². The Labute approximate surface area is 132 Å². The maximum atomic E-state index is 12.8. The lowest BCUT2D eigenvalue weighted by atomic mass is 10.2. The van der Waals surface area contributed by atoms with E-state index in [0.717, 1.165) is 5.69 Å². The van der Waals surface area contributed by atoms with Crippen molar-refractivity contribution in [1.29, 1.82) is 0 Å². The first-order valence-electron chi connectivity index (χ1n) is 7.19. The Kier molecular flexibility index (Phi) is 3.23. The molecule has 0 aromatic carbocycles. The highest BCUT2D eigenvalue weighted by Crippen LogP contribution is 2.29. The van der Waals surface area contributed by atoms with Crippen LogP contribution in [0.2, 0.25) is 0 Å². The summed E-state index contributed by atoms with van der Waals surface area (Å²) in [6, 6.07) is 8.95. The predicted molar refractivity (Wildman–Crippen MR) is 82.8 cm³/mol. The molecule has 0 fully saturated rings. The number of fused-ring (bicyclic) bond motifs is 1. The normalized spacial score (nSPS) is 13.3. The van der Waals surface area contributed by atoms with Gasteiger partial charge in [0.1, 0.15) is 18.0 Å². The molecule has 0 atom stereocenters. The van der Waals surface area contributed by atoms with E-state index in [9.17, 15) is 4.79 Å². The Hall–Kier alpha value is -3.22. The maximum Gasteiger partial charge on any atom is 0.277 e. The Morgan fingerprint density at radius 2 is 2.09 bits per heavy atom. The number of carbonyl (C=O) groups excluding carboxylic acids is 1. The standard InChI is InChI=1S/C16H13N5O2/c22-16(20-9-10-23-15-14(20)3-1-5-18-15)13-11-12(4-7-17-13)21-8-2-6-19-21/h1-8,11H,9-10H2. The lowest BCUT2D eigenvalue weighted by Crippen LogP contribution is -2.38. The van der Waals surface area contributed by atoms with Gasteiger partial charge in [-0.1, -0.05) is 0 Å². The number of carbonyl (C=O) groups is 1. The number of hydrogen-bond acceptors (Lipinski definition) is 5. The number of anilines is 1. The maximum absolute atomic E-state index is 12.8. The smallest absolute Gasteiger partial charge is 0.277 e. The number of ether oxygens (including phenoxy) is 1. The van der Waals surface area contributed by atoms with E-state index in [2.05, 4.69) is 15.1 Å². The molecule has 0 N–H and O–H groups in total. The van der Waals surface area contributed by atoms with Gasteiger partial charge in [0.05, 0.1) is 12.2 Å². The summed E-state index contributed by atoms with van der Waals surface area (Å²) < 4.78 is 7.17. The van der Waals surface area contributed by atoms with Crippen molar-refractivity contribution < 1.29 is 9.53 Å². The Bertz CT molecular complexity index is 847. The van der Waals surface area contributed by atoms with Crippen molar-refractivity contribution in [3.63, 3.8) is 0 Å². The second-order valence-corrected chi connectivity index (χ2v) is 4.98. The molecule has 4 rings (SSSR count). The topological polar surface area (TPSA) is 73.1 Å². The van der Waals surface area contributed by atoms with Crippen LogP contribution in [-0.2, 0) is 0 Å². The molecule has 0 spiro atoms. The number of aromatic nitrogens is 4. The summed E-state index contributed by atoms with van der Waals surface area (Å²) in [5.41, 5.74) is 1.80. The molecule has 0 radical (unpaired) electrons. The summed E-state index contributed by atoms with van der Waals surface area (Å²) in [7, 11) is 0. The van der Waals surface area contributed by atoms with Crippen LogP contribution in [0.5, 0.6) is 5.88 Å². The second-order valence-electron chi connectivity index (χ2n) is 4.98. The third kappa shape index (κ3) is 2.42. The van der Waals surface area contributed by atoms with Gasteiger partial charge in [0, 0.05) is 24.8 Å². The molecule has 0 unspecified atom stereocenters. The molecular weight excluding hydrogens is 294 g/mol. The summed E-state index contributed by atoms with van der Waals surface area (Å²) in [5, 5.41) is 4.17. The van der Waals surface area contributed by atoms with E-state index in [1.807, 2.05) is 18.3 Å². The van der Waals surface area contributed by atoms with Gasteiger partial charge in [0.2, 0.25) is 5.88 Å². The van der Waals surface area contributed by atoms with Crippen molar-refractivity contribution in [3.8, 4) is 11.6 Å². The molecule has 3 aromatic rings. The molecule has 7 nitrogen and oxygen atoms in total. The van der Waals surface area contributed by atoms with E-state index in [1.54, 1.807) is 46.4 Å². The monoisotopic (exact) mass is 307 g/mol. The fourth-order valence-electron chi connectivity index (χ4n) is 2.50. The molecule has 1 amide bonds. The molecule has 1 aliphatic rings. The molecule has 0 aliphatic carbocycles. The zero-order valence-corrected chi connectivity index (χ0v) is 12.2. The molecule has 0 saturated carbocycles. The van der Waals surface area contributed by atoms with E-state index in [4.69, 9.17) is 4.74 Å². The van der Waals surface area contributed by atoms with Crippen LogP contribution in [0.25, 0.3) is 5.69 Å². The van der Waals surface area contributed by atoms with Crippen molar-refractivity contribution in [2.45, 2.75) is 0 Å². The third-order valence-corrected chi connectivity index (χ3v) is 3.57. The van der Waals surface area contributed by atoms with E-state index >= 15 is 0 Å². The molecule has 1 aliphatic heterocycles. The molecule has 114 valence electrons. The predicted octanol–water partition coefficient (Wildman–Crippen LogP) is 1.70. The first-order chi connectivity index (χ1) is 11.3. The summed E-state index contributed by atoms with van der Waals surface area (Å²) in [6.45, 7) is 0.875. The average Bonchev–Trinajstić information content (AvgIpc) is 3.15. The molecule has 23 heavy (non-hydrogen) atoms. The Morgan fingerprint density at radius 1 is 1.13 bits per heavy atom. The zero-order chi connectivity index (χ0) is 15.6. The molecule has 4 heterocycles. The van der Waals surface area contributed by atoms with E-state index in [-0.39, 0.29) is 5.91 Å². The minimum atomic E-state index is -0.184. The number of amides is 1. The van der Waals surface area contributed by atoms with Crippen LogP contribution < -0.4 is 9.64 Å². The number of pyridine rings is 2. The number of nitrogens with zero attached hydrogens (tertiary/aromatic N) is 5. The van der Waals surface area contributed by atoms with Gasteiger partial charge in [-0.25, -0.2) is 9.67 Å². The van der Waals surface area contributed by atoms with Crippen molar-refractivity contribution in [3.05, 3.63) is 60.8 Å². The quantitative estimate of drug-likeness (QED) is 0.720. The van der Waals surface area contributed by atoms with Crippen molar-refractivity contribution >= 4 is 11.6 Å². The van der Waals surface area contributed by atoms with Gasteiger partial charge >= 0.3 is 0 Å². The fraction of sp³-hybridized carbons (Fsp3) is 0.125. The second kappa shape index (κ2) is 5.53. The molecular formula is C16H13N5O2. The van der Waals surface area contributed by atoms with Crippen LogP contribution in [0, 0.1) is 0 Å². The lowest BCUT2D eigenvalue weighted by Gasteiger charge is -2.28. The van der Waals surface area contributed by atoms with E-state index in [0.29, 0.717) is 30.4 Å². The van der Waals surface area contributed by atoms with Gasteiger partial charge in [-0.15, -0.1) is 0 Å². The van der Waals surface area contributed by atoms with E-state index < -0.39 is 0 Å². The van der Waals surface area contributed by atoms with Gasteiger partial charge < -0.3 is 4.74 Å². The number of rotatable bonds is 2. The Morgan fingerprint density at radius 3 is 2.96 bits per heavy atom. The van der Waals surface area contributed by atoms with E-state index in [1.165, 1.54) is 0 Å². The number of hydrogen-bond donors (Lipinski definition) is 0. The highest BCUT2D eigenvalue weighted by atomic mass is 16.5. The van der Waals surface area contributed by atoms with Gasteiger partial charge in [-0.3, -0.25) is 14.7 Å². The highest BCUT2D eigenvalue weighted by molar-refractivity contribution is 6.05. The molecule has 7 heteroatoms. The Balaban J connectivity index is 1.69. The van der Waals surface area contributed by atoms with Crippen molar-refractivity contribution in [2.75, 3.05) is 18.1 Å². The van der Waals surface area contributed by atoms with Gasteiger partial charge in [0.15, 0.2) is 0 Å². The van der Waals surface area contributed by atoms with Crippen LogP contribution in [0.1, 0.15) is 10.5 Å². The van der Waals surface area contributed by atoms with Gasteiger partial charge in [-0.05, 0) is 30.3 Å². The van der Waals surface area contributed by atoms with Crippen LogP contribution in [0.4, 0.5) is 5.69 Å². The SMILES string of the molecule is O=C(c1cc(-n2cccn2)ccn1)N1CCOc2ncccc21. The molecule has 0 saturated heterocycles. The van der Waals surface area contributed by atoms with Crippen LogP contribution >= 0.6 is 0 Å². The van der Waals surface area contributed by atoms with Crippen molar-refractivity contribution in [2.24, 2.45) is 0 Å². The fourth-order valence-corrected chi connectivity index (χ4v) is 2.50. The summed E-state index contributed by atoms with van der Waals surface area (Å²) in [6.07, 6.45) is 6.75. The summed E-state index contributed by atoms with van der Waals surface area (Å²) in [4.78, 5) is 22.8. The minimum Gasteiger partial charge on any atom is -0.474 e. The lowest BCUT2D eigenvalue weighted by molar-refractivity contribution is 0.0971. The van der Waals surface area contributed by atoms with Crippen LogP contribution in [0.15, 0.2) is 55.1 Å². The summed E-state index contributed by atoms with van der Waals surface area (Å²) in [5.74, 6) is 0.284. The zero-order valence-electron chi connectivity index (χ0n) is 12.2. The summed E-state index contributed by atoms with van der Waals surface area (Å²) >= 11 is 0. The average molecular weight is 307 g/mol. The first-order valence-corrected chi connectivity index (χ1v) is 7.19. The van der Waals surface area contributed by atoms with Crippen LogP contribution in [0.3, 0.4) is 0 Å². The highest BCUT2D eigenvalue weighted by Gasteiger charge is 2.26. The first kappa shape index (κ1) is 13.4.